The Bertz CT molecular complexity index is 946. The number of ether oxygens (including phenoxy) is 6. The Balaban J connectivity index is 1.93. The molecule has 2 aromatic rings. The summed E-state index contributed by atoms with van der Waals surface area (Å²) in [6.07, 6.45) is 0.428. The summed E-state index contributed by atoms with van der Waals surface area (Å²) < 4.78 is 36.3. The molecule has 0 bridgehead atoms. The van der Waals surface area contributed by atoms with Gasteiger partial charge < -0.3 is 33.5 Å². The van der Waals surface area contributed by atoms with E-state index >= 15 is 0 Å². The SMILES string of the molecule is C=CCO[C@@H]1[C@@H](OCc2ccc(OC)cc2)[C@H](OCc2ccccc2)[C@@H](OCC=C)[C@@H](O)[C@H]1OCC=C. The average molecular weight is 511 g/mol. The lowest BCUT2D eigenvalue weighted by Crippen LogP contribution is -2.67. The molecular weight excluding hydrogens is 472 g/mol. The predicted molar refractivity (Wildman–Crippen MR) is 142 cm³/mol. The van der Waals surface area contributed by atoms with Gasteiger partial charge in [-0.25, -0.2) is 0 Å². The van der Waals surface area contributed by atoms with Crippen molar-refractivity contribution in [1.82, 2.24) is 0 Å². The van der Waals surface area contributed by atoms with Gasteiger partial charge in [-0.05, 0) is 23.3 Å². The van der Waals surface area contributed by atoms with Gasteiger partial charge in [0.05, 0.1) is 40.1 Å². The van der Waals surface area contributed by atoms with Gasteiger partial charge in [0.25, 0.3) is 0 Å². The van der Waals surface area contributed by atoms with Crippen molar-refractivity contribution in [3.8, 4) is 5.75 Å². The van der Waals surface area contributed by atoms with Crippen LogP contribution in [0.1, 0.15) is 11.1 Å². The number of aliphatic hydroxyl groups is 1. The zero-order valence-corrected chi connectivity index (χ0v) is 21.4. The van der Waals surface area contributed by atoms with Crippen molar-refractivity contribution in [2.45, 2.75) is 49.8 Å². The monoisotopic (exact) mass is 510 g/mol. The van der Waals surface area contributed by atoms with E-state index in [0.717, 1.165) is 16.9 Å². The Labute approximate surface area is 219 Å². The third-order valence-corrected chi connectivity index (χ3v) is 6.07. The van der Waals surface area contributed by atoms with Gasteiger partial charge >= 0.3 is 0 Å². The van der Waals surface area contributed by atoms with E-state index in [1.165, 1.54) is 0 Å². The largest absolute Gasteiger partial charge is 0.497 e. The first-order chi connectivity index (χ1) is 18.1. The molecule has 7 nitrogen and oxygen atoms in total. The highest BCUT2D eigenvalue weighted by Gasteiger charge is 2.53. The van der Waals surface area contributed by atoms with Gasteiger partial charge in [0.1, 0.15) is 42.4 Å². The van der Waals surface area contributed by atoms with Gasteiger partial charge in [0, 0.05) is 0 Å². The number of aliphatic hydroxyl groups excluding tert-OH is 1. The van der Waals surface area contributed by atoms with Gasteiger partial charge in [-0.3, -0.25) is 0 Å². The van der Waals surface area contributed by atoms with Gasteiger partial charge in [-0.1, -0.05) is 60.7 Å². The van der Waals surface area contributed by atoms with Crippen molar-refractivity contribution in [3.05, 3.63) is 104 Å². The molecule has 1 aliphatic carbocycles. The average Bonchev–Trinajstić information content (AvgIpc) is 2.94. The first-order valence-corrected chi connectivity index (χ1v) is 12.4. The fourth-order valence-corrected chi connectivity index (χ4v) is 4.31. The van der Waals surface area contributed by atoms with Crippen LogP contribution >= 0.6 is 0 Å². The van der Waals surface area contributed by atoms with Crippen molar-refractivity contribution in [1.29, 1.82) is 0 Å². The molecule has 0 amide bonds. The Kier molecular flexibility index (Phi) is 12.0. The van der Waals surface area contributed by atoms with Crippen LogP contribution < -0.4 is 4.74 Å². The van der Waals surface area contributed by atoms with E-state index in [4.69, 9.17) is 28.4 Å². The Hall–Kier alpha value is -2.78. The molecule has 37 heavy (non-hydrogen) atoms. The van der Waals surface area contributed by atoms with E-state index in [2.05, 4.69) is 19.7 Å². The lowest BCUT2D eigenvalue weighted by molar-refractivity contribution is -0.273. The van der Waals surface area contributed by atoms with Crippen LogP contribution in [0.25, 0.3) is 0 Å². The Morgan fingerprint density at radius 1 is 0.622 bits per heavy atom. The van der Waals surface area contributed by atoms with E-state index in [1.807, 2.05) is 54.6 Å². The van der Waals surface area contributed by atoms with Crippen LogP contribution in [0.15, 0.2) is 92.6 Å². The van der Waals surface area contributed by atoms with Crippen molar-refractivity contribution in [2.75, 3.05) is 26.9 Å². The van der Waals surface area contributed by atoms with E-state index in [-0.39, 0.29) is 26.4 Å². The van der Waals surface area contributed by atoms with Crippen LogP contribution in [0, 0.1) is 0 Å². The fraction of sp³-hybridized carbons (Fsp3) is 0.400. The zero-order valence-electron chi connectivity index (χ0n) is 21.4. The summed E-state index contributed by atoms with van der Waals surface area (Å²) in [5.74, 6) is 0.761. The van der Waals surface area contributed by atoms with E-state index in [1.54, 1.807) is 25.3 Å². The molecule has 200 valence electrons. The minimum Gasteiger partial charge on any atom is -0.497 e. The molecule has 0 heterocycles. The Morgan fingerprint density at radius 3 is 1.54 bits per heavy atom. The second-order valence-corrected chi connectivity index (χ2v) is 8.64. The molecule has 6 atom stereocenters. The lowest BCUT2D eigenvalue weighted by atomic mass is 9.83. The summed E-state index contributed by atoms with van der Waals surface area (Å²) in [5, 5.41) is 11.4. The summed E-state index contributed by atoms with van der Waals surface area (Å²) in [6.45, 7) is 12.6. The molecule has 1 aliphatic rings. The Morgan fingerprint density at radius 2 is 1.05 bits per heavy atom. The fourth-order valence-electron chi connectivity index (χ4n) is 4.31. The van der Waals surface area contributed by atoms with E-state index in [9.17, 15) is 5.11 Å². The van der Waals surface area contributed by atoms with Crippen LogP contribution in [-0.2, 0) is 36.9 Å². The molecule has 1 fully saturated rings. The molecular formula is C30H38O7. The second-order valence-electron chi connectivity index (χ2n) is 8.64. The number of hydrogen-bond donors (Lipinski definition) is 1. The third kappa shape index (κ3) is 8.10. The molecule has 0 radical (unpaired) electrons. The van der Waals surface area contributed by atoms with Crippen LogP contribution in [0.5, 0.6) is 5.75 Å². The quantitative estimate of drug-likeness (QED) is 0.338. The molecule has 0 saturated heterocycles. The van der Waals surface area contributed by atoms with Crippen molar-refractivity contribution in [2.24, 2.45) is 0 Å². The minimum absolute atomic E-state index is 0.227. The van der Waals surface area contributed by atoms with Gasteiger partial charge in [0.15, 0.2) is 0 Å². The van der Waals surface area contributed by atoms with Crippen LogP contribution in [-0.4, -0.2) is 68.7 Å². The van der Waals surface area contributed by atoms with E-state index in [0.29, 0.717) is 6.61 Å². The highest BCUT2D eigenvalue weighted by molar-refractivity contribution is 5.26. The van der Waals surface area contributed by atoms with Gasteiger partial charge in [-0.2, -0.15) is 0 Å². The lowest BCUT2D eigenvalue weighted by Gasteiger charge is -2.48. The molecule has 0 unspecified atom stereocenters. The molecule has 0 aliphatic heterocycles. The summed E-state index contributed by atoms with van der Waals surface area (Å²) in [7, 11) is 1.63. The van der Waals surface area contributed by atoms with Crippen molar-refractivity contribution >= 4 is 0 Å². The molecule has 3 rings (SSSR count). The predicted octanol–water partition coefficient (Wildman–Crippen LogP) is 4.25. The highest BCUT2D eigenvalue weighted by atomic mass is 16.6. The summed E-state index contributed by atoms with van der Waals surface area (Å²) in [6, 6.07) is 17.4. The second kappa shape index (κ2) is 15.5. The molecule has 1 N–H and O–H groups in total. The van der Waals surface area contributed by atoms with Crippen LogP contribution in [0.3, 0.4) is 0 Å². The maximum absolute atomic E-state index is 11.4. The normalized spacial score (nSPS) is 25.4. The van der Waals surface area contributed by atoms with Crippen molar-refractivity contribution < 1.29 is 33.5 Å². The highest BCUT2D eigenvalue weighted by Crippen LogP contribution is 2.33. The van der Waals surface area contributed by atoms with Crippen molar-refractivity contribution in [3.63, 3.8) is 0 Å². The summed E-state index contributed by atoms with van der Waals surface area (Å²) in [4.78, 5) is 0. The molecule has 0 aromatic heterocycles. The first kappa shape index (κ1) is 28.8. The summed E-state index contributed by atoms with van der Waals surface area (Å²) >= 11 is 0. The molecule has 2 aromatic carbocycles. The third-order valence-electron chi connectivity index (χ3n) is 6.07. The maximum atomic E-state index is 11.4. The summed E-state index contributed by atoms with van der Waals surface area (Å²) in [5.41, 5.74) is 1.94. The van der Waals surface area contributed by atoms with E-state index < -0.39 is 36.6 Å². The van der Waals surface area contributed by atoms with Gasteiger partial charge in [-0.15, -0.1) is 19.7 Å². The molecule has 1 saturated carbocycles. The van der Waals surface area contributed by atoms with Crippen LogP contribution in [0.2, 0.25) is 0 Å². The molecule has 0 spiro atoms. The smallest absolute Gasteiger partial charge is 0.118 e. The van der Waals surface area contributed by atoms with Gasteiger partial charge in [0.2, 0.25) is 0 Å². The van der Waals surface area contributed by atoms with Crippen LogP contribution in [0.4, 0.5) is 0 Å². The number of benzene rings is 2. The maximum Gasteiger partial charge on any atom is 0.118 e. The number of methoxy groups -OCH3 is 1. The standard InChI is InChI=1S/C30H38O7/c1-5-17-33-26-25(31)27(34-18-6-2)29(36-20-22-11-9-8-10-12-22)30(28(26)35-19-7-3)37-21-23-13-15-24(32-4)16-14-23/h5-16,25-31H,1-3,17-21H2,4H3/t25-,26+,27-,28-,29+,30+/m0/s1. The number of hydrogen-bond acceptors (Lipinski definition) is 7. The minimum atomic E-state index is -1.05. The number of rotatable bonds is 16. The molecule has 7 heteroatoms. The first-order valence-electron chi connectivity index (χ1n) is 12.4. The zero-order chi connectivity index (χ0) is 26.5. The topological polar surface area (TPSA) is 75.6 Å².